The lowest BCUT2D eigenvalue weighted by atomic mass is 9.93. The van der Waals surface area contributed by atoms with Crippen molar-refractivity contribution in [1.29, 1.82) is 0 Å². The highest BCUT2D eigenvalue weighted by atomic mass is 16.6. The molecular formula is C14H27NO4. The van der Waals surface area contributed by atoms with E-state index in [1.54, 1.807) is 27.7 Å². The number of methoxy groups -OCH3 is 1. The summed E-state index contributed by atoms with van der Waals surface area (Å²) < 4.78 is 9.94. The highest BCUT2D eigenvalue weighted by molar-refractivity contribution is 5.74. The molecule has 0 aliphatic heterocycles. The Bertz CT molecular complexity index is 307. The molecule has 2 unspecified atom stereocenters. The first kappa shape index (κ1) is 17.7. The largest absolute Gasteiger partial charge is 0.469 e. The topological polar surface area (TPSA) is 64.6 Å². The van der Waals surface area contributed by atoms with Gasteiger partial charge in [0.25, 0.3) is 0 Å². The van der Waals surface area contributed by atoms with Gasteiger partial charge in [0.2, 0.25) is 0 Å². The monoisotopic (exact) mass is 273 g/mol. The van der Waals surface area contributed by atoms with E-state index in [4.69, 9.17) is 9.47 Å². The Labute approximate surface area is 116 Å². The Morgan fingerprint density at radius 1 is 1.16 bits per heavy atom. The van der Waals surface area contributed by atoms with Crippen LogP contribution in [0.15, 0.2) is 0 Å². The number of esters is 1. The first-order valence-corrected chi connectivity index (χ1v) is 6.64. The third kappa shape index (κ3) is 7.70. The maximum atomic E-state index is 11.8. The summed E-state index contributed by atoms with van der Waals surface area (Å²) in [5.74, 6) is -0.381. The lowest BCUT2D eigenvalue weighted by Gasteiger charge is -2.27. The van der Waals surface area contributed by atoms with Gasteiger partial charge in [0.1, 0.15) is 5.60 Å². The normalized spacial score (nSPS) is 14.7. The maximum Gasteiger partial charge on any atom is 0.407 e. The minimum Gasteiger partial charge on any atom is -0.469 e. The smallest absolute Gasteiger partial charge is 0.407 e. The van der Waals surface area contributed by atoms with E-state index in [-0.39, 0.29) is 12.0 Å². The number of ether oxygens (including phenoxy) is 2. The lowest BCUT2D eigenvalue weighted by molar-refractivity contribution is -0.145. The van der Waals surface area contributed by atoms with Gasteiger partial charge in [-0.1, -0.05) is 13.8 Å². The Balaban J connectivity index is 4.68. The molecule has 0 aromatic heterocycles. The second-order valence-electron chi connectivity index (χ2n) is 6.19. The van der Waals surface area contributed by atoms with Crippen LogP contribution in [0.5, 0.6) is 0 Å². The number of carbonyl (C=O) groups excluding carboxylic acids is 2. The van der Waals surface area contributed by atoms with Crippen LogP contribution in [-0.4, -0.2) is 30.8 Å². The van der Waals surface area contributed by atoms with Gasteiger partial charge in [-0.05, 0) is 40.0 Å². The van der Waals surface area contributed by atoms with Gasteiger partial charge in [-0.2, -0.15) is 0 Å². The van der Waals surface area contributed by atoms with Crippen LogP contribution in [0.2, 0.25) is 0 Å². The van der Waals surface area contributed by atoms with E-state index in [0.717, 1.165) is 0 Å². The van der Waals surface area contributed by atoms with Gasteiger partial charge in [-0.15, -0.1) is 0 Å². The molecule has 0 aromatic rings. The van der Waals surface area contributed by atoms with Crippen molar-refractivity contribution in [3.05, 3.63) is 0 Å². The fourth-order valence-corrected chi connectivity index (χ4v) is 1.71. The van der Waals surface area contributed by atoms with E-state index in [0.29, 0.717) is 12.3 Å². The molecular weight excluding hydrogens is 246 g/mol. The van der Waals surface area contributed by atoms with Crippen LogP contribution in [0.3, 0.4) is 0 Å². The molecule has 0 saturated carbocycles. The average molecular weight is 273 g/mol. The van der Waals surface area contributed by atoms with Crippen LogP contribution >= 0.6 is 0 Å². The molecule has 19 heavy (non-hydrogen) atoms. The summed E-state index contributed by atoms with van der Waals surface area (Å²) in [5.41, 5.74) is -0.555. The molecule has 112 valence electrons. The van der Waals surface area contributed by atoms with Crippen LogP contribution in [0.25, 0.3) is 0 Å². The zero-order chi connectivity index (χ0) is 15.2. The summed E-state index contributed by atoms with van der Waals surface area (Å²) in [4.78, 5) is 23.4. The molecule has 0 saturated heterocycles. The zero-order valence-electron chi connectivity index (χ0n) is 13.1. The minimum atomic E-state index is -0.555. The average Bonchev–Trinajstić information content (AvgIpc) is 2.22. The maximum absolute atomic E-state index is 11.8. The predicted molar refractivity (Wildman–Crippen MR) is 73.8 cm³/mol. The van der Waals surface area contributed by atoms with E-state index in [1.807, 2.05) is 13.8 Å². The quantitative estimate of drug-likeness (QED) is 0.782. The first-order chi connectivity index (χ1) is 8.56. The summed E-state index contributed by atoms with van der Waals surface area (Å²) >= 11 is 0. The van der Waals surface area contributed by atoms with Crippen molar-refractivity contribution in [2.75, 3.05) is 7.11 Å². The Hall–Kier alpha value is -1.26. The number of nitrogens with one attached hydrogen (secondary N) is 1. The fourth-order valence-electron chi connectivity index (χ4n) is 1.71. The molecule has 0 rings (SSSR count). The van der Waals surface area contributed by atoms with Crippen molar-refractivity contribution in [1.82, 2.24) is 5.32 Å². The van der Waals surface area contributed by atoms with E-state index < -0.39 is 17.6 Å². The Morgan fingerprint density at radius 2 is 1.68 bits per heavy atom. The summed E-state index contributed by atoms with van der Waals surface area (Å²) in [7, 11) is 1.35. The van der Waals surface area contributed by atoms with Crippen molar-refractivity contribution in [3.8, 4) is 0 Å². The third-order valence-electron chi connectivity index (χ3n) is 2.60. The van der Waals surface area contributed by atoms with Crippen LogP contribution < -0.4 is 5.32 Å². The van der Waals surface area contributed by atoms with E-state index in [9.17, 15) is 9.59 Å². The summed E-state index contributed by atoms with van der Waals surface area (Å²) in [6, 6.07) is -0.290. The molecule has 1 amide bonds. The highest BCUT2D eigenvalue weighted by Gasteiger charge is 2.28. The molecule has 0 bridgehead atoms. The number of amides is 1. The molecule has 0 spiro atoms. The van der Waals surface area contributed by atoms with Gasteiger partial charge < -0.3 is 14.8 Å². The molecule has 0 radical (unpaired) electrons. The van der Waals surface area contributed by atoms with Gasteiger partial charge in [-0.25, -0.2) is 4.79 Å². The molecule has 0 aliphatic rings. The van der Waals surface area contributed by atoms with Crippen molar-refractivity contribution in [2.24, 2.45) is 11.8 Å². The van der Waals surface area contributed by atoms with Gasteiger partial charge in [0, 0.05) is 6.04 Å². The van der Waals surface area contributed by atoms with E-state index in [2.05, 4.69) is 5.32 Å². The highest BCUT2D eigenvalue weighted by Crippen LogP contribution is 2.16. The second kappa shape index (κ2) is 7.36. The van der Waals surface area contributed by atoms with Crippen LogP contribution in [0.4, 0.5) is 4.79 Å². The molecule has 0 fully saturated rings. The van der Waals surface area contributed by atoms with Gasteiger partial charge >= 0.3 is 12.1 Å². The zero-order valence-corrected chi connectivity index (χ0v) is 13.1. The standard InChI is InChI=1S/C14H27NO4/c1-9(2)8-11(10(3)12(16)18-7)15-13(17)19-14(4,5)6/h9-11H,8H2,1-7H3,(H,15,17). The Morgan fingerprint density at radius 3 is 2.05 bits per heavy atom. The van der Waals surface area contributed by atoms with Crippen molar-refractivity contribution < 1.29 is 19.1 Å². The van der Waals surface area contributed by atoms with Crippen molar-refractivity contribution >= 4 is 12.1 Å². The van der Waals surface area contributed by atoms with Crippen molar-refractivity contribution in [2.45, 2.75) is 59.6 Å². The molecule has 0 heterocycles. The molecule has 5 heteroatoms. The predicted octanol–water partition coefficient (Wildman–Crippen LogP) is 2.73. The van der Waals surface area contributed by atoms with Gasteiger partial charge in [0.05, 0.1) is 13.0 Å². The Kier molecular flexibility index (Phi) is 6.87. The van der Waals surface area contributed by atoms with Gasteiger partial charge in [-0.3, -0.25) is 4.79 Å². The molecule has 0 aliphatic carbocycles. The van der Waals surface area contributed by atoms with E-state index in [1.165, 1.54) is 7.11 Å². The van der Waals surface area contributed by atoms with Gasteiger partial charge in [0.15, 0.2) is 0 Å². The van der Waals surface area contributed by atoms with E-state index >= 15 is 0 Å². The summed E-state index contributed by atoms with van der Waals surface area (Å²) in [5, 5.41) is 2.76. The SMILES string of the molecule is COC(=O)C(C)C(CC(C)C)NC(=O)OC(C)(C)C. The number of hydrogen-bond acceptors (Lipinski definition) is 4. The third-order valence-corrected chi connectivity index (χ3v) is 2.60. The molecule has 2 atom stereocenters. The second-order valence-corrected chi connectivity index (χ2v) is 6.19. The fraction of sp³-hybridized carbons (Fsp3) is 0.857. The van der Waals surface area contributed by atoms with Crippen LogP contribution in [0, 0.1) is 11.8 Å². The summed E-state index contributed by atoms with van der Waals surface area (Å²) in [6.45, 7) is 11.2. The molecule has 5 nitrogen and oxygen atoms in total. The number of rotatable bonds is 5. The van der Waals surface area contributed by atoms with Crippen LogP contribution in [0.1, 0.15) is 48.0 Å². The minimum absolute atomic E-state index is 0.290. The number of carbonyl (C=O) groups is 2. The first-order valence-electron chi connectivity index (χ1n) is 6.64. The summed E-state index contributed by atoms with van der Waals surface area (Å²) in [6.07, 6.45) is 0.184. The molecule has 1 N–H and O–H groups in total. The number of alkyl carbamates (subject to hydrolysis) is 1. The molecule has 0 aromatic carbocycles. The van der Waals surface area contributed by atoms with Crippen molar-refractivity contribution in [3.63, 3.8) is 0 Å². The number of hydrogen-bond donors (Lipinski definition) is 1. The lowest BCUT2D eigenvalue weighted by Crippen LogP contribution is -2.45. The van der Waals surface area contributed by atoms with Crippen LogP contribution in [-0.2, 0) is 14.3 Å².